The van der Waals surface area contributed by atoms with Gasteiger partial charge in [0.05, 0.1) is 12.6 Å². The van der Waals surface area contributed by atoms with Gasteiger partial charge in [0.1, 0.15) is 5.60 Å². The van der Waals surface area contributed by atoms with Gasteiger partial charge in [-0.2, -0.15) is 0 Å². The molecular weight excluding hydrogens is 352 g/mol. The Labute approximate surface area is 138 Å². The molecular formula is C15H21BrN2O4. The summed E-state index contributed by atoms with van der Waals surface area (Å²) in [5.74, 6) is -0.308. The third-order valence-corrected chi connectivity index (χ3v) is 3.03. The van der Waals surface area contributed by atoms with Crippen molar-refractivity contribution in [3.05, 3.63) is 28.7 Å². The van der Waals surface area contributed by atoms with E-state index in [1.807, 2.05) is 0 Å². The molecule has 1 rings (SSSR count). The molecule has 1 aromatic carbocycles. The normalized spacial score (nSPS) is 12.4. The molecule has 0 aliphatic carbocycles. The Hall–Kier alpha value is -1.60. The molecule has 22 heavy (non-hydrogen) atoms. The van der Waals surface area contributed by atoms with E-state index in [0.717, 1.165) is 4.47 Å². The molecule has 0 spiro atoms. The standard InChI is InChI=1S/C15H21BrN2O4/c1-15(2,3)22-14(21)18-12(9-19)8-13(20)17-11-6-4-10(16)5-7-11/h4-7,12,19H,8-9H2,1-3H3,(H,17,20)(H,18,21)/t12-/m0/s1. The average Bonchev–Trinajstić information content (AvgIpc) is 2.38. The van der Waals surface area contributed by atoms with E-state index in [-0.39, 0.29) is 18.9 Å². The maximum Gasteiger partial charge on any atom is 0.407 e. The lowest BCUT2D eigenvalue weighted by Crippen LogP contribution is -2.42. The van der Waals surface area contributed by atoms with E-state index < -0.39 is 17.7 Å². The summed E-state index contributed by atoms with van der Waals surface area (Å²) in [4.78, 5) is 23.5. The van der Waals surface area contributed by atoms with Crippen molar-refractivity contribution in [2.24, 2.45) is 0 Å². The Morgan fingerprint density at radius 1 is 1.27 bits per heavy atom. The second kappa shape index (κ2) is 8.14. The second-order valence-electron chi connectivity index (χ2n) is 5.78. The lowest BCUT2D eigenvalue weighted by molar-refractivity contribution is -0.116. The van der Waals surface area contributed by atoms with Crippen LogP contribution in [0.3, 0.4) is 0 Å². The van der Waals surface area contributed by atoms with Crippen LogP contribution in [-0.2, 0) is 9.53 Å². The van der Waals surface area contributed by atoms with Crippen LogP contribution in [0.5, 0.6) is 0 Å². The minimum atomic E-state index is -0.703. The zero-order valence-corrected chi connectivity index (χ0v) is 14.4. The van der Waals surface area contributed by atoms with Crippen molar-refractivity contribution in [1.29, 1.82) is 0 Å². The number of benzene rings is 1. The third kappa shape index (κ3) is 7.42. The quantitative estimate of drug-likeness (QED) is 0.741. The third-order valence-electron chi connectivity index (χ3n) is 2.50. The molecule has 0 aliphatic rings. The predicted molar refractivity (Wildman–Crippen MR) is 87.6 cm³/mol. The number of amides is 2. The van der Waals surface area contributed by atoms with E-state index >= 15 is 0 Å². The van der Waals surface area contributed by atoms with Gasteiger partial charge in [-0.15, -0.1) is 0 Å². The highest BCUT2D eigenvalue weighted by Crippen LogP contribution is 2.14. The number of hydrogen-bond acceptors (Lipinski definition) is 4. The fraction of sp³-hybridized carbons (Fsp3) is 0.467. The number of rotatable bonds is 5. The molecule has 1 atom stereocenters. The summed E-state index contributed by atoms with van der Waals surface area (Å²) in [7, 11) is 0. The van der Waals surface area contributed by atoms with Crippen molar-refractivity contribution in [2.45, 2.75) is 38.8 Å². The number of carbonyl (C=O) groups is 2. The first-order valence-corrected chi connectivity index (χ1v) is 7.64. The van der Waals surface area contributed by atoms with Gasteiger partial charge in [-0.1, -0.05) is 15.9 Å². The van der Waals surface area contributed by atoms with Crippen LogP contribution in [0.25, 0.3) is 0 Å². The number of aliphatic hydroxyl groups excluding tert-OH is 1. The van der Waals surface area contributed by atoms with Gasteiger partial charge in [0.15, 0.2) is 0 Å². The maximum atomic E-state index is 11.9. The fourth-order valence-corrected chi connectivity index (χ4v) is 1.87. The van der Waals surface area contributed by atoms with E-state index in [2.05, 4.69) is 26.6 Å². The Balaban J connectivity index is 2.49. The summed E-state index contributed by atoms with van der Waals surface area (Å²) < 4.78 is 5.99. The molecule has 7 heteroatoms. The molecule has 0 aromatic heterocycles. The first-order chi connectivity index (χ1) is 10.2. The van der Waals surface area contributed by atoms with Crippen LogP contribution in [0, 0.1) is 0 Å². The molecule has 0 radical (unpaired) electrons. The zero-order chi connectivity index (χ0) is 16.8. The van der Waals surface area contributed by atoms with Crippen molar-refractivity contribution in [1.82, 2.24) is 5.32 Å². The molecule has 0 fully saturated rings. The van der Waals surface area contributed by atoms with Crippen molar-refractivity contribution >= 4 is 33.6 Å². The first kappa shape index (κ1) is 18.4. The number of aliphatic hydroxyl groups is 1. The summed E-state index contributed by atoms with van der Waals surface area (Å²) in [5.41, 5.74) is 0.00574. The van der Waals surface area contributed by atoms with Gasteiger partial charge in [0.25, 0.3) is 0 Å². The Morgan fingerprint density at radius 3 is 2.36 bits per heavy atom. The number of nitrogens with one attached hydrogen (secondary N) is 2. The maximum absolute atomic E-state index is 11.9. The molecule has 1 aromatic rings. The second-order valence-corrected chi connectivity index (χ2v) is 6.70. The SMILES string of the molecule is CC(C)(C)OC(=O)N[C@H](CO)CC(=O)Nc1ccc(Br)cc1. The summed E-state index contributed by atoms with van der Waals surface area (Å²) in [6.45, 7) is 4.86. The molecule has 0 heterocycles. The number of carbonyl (C=O) groups excluding carboxylic acids is 2. The van der Waals surface area contributed by atoms with E-state index in [0.29, 0.717) is 5.69 Å². The first-order valence-electron chi connectivity index (χ1n) is 6.85. The van der Waals surface area contributed by atoms with Crippen LogP contribution in [0.15, 0.2) is 28.7 Å². The van der Waals surface area contributed by atoms with Gasteiger partial charge >= 0.3 is 6.09 Å². The largest absolute Gasteiger partial charge is 0.444 e. The summed E-state index contributed by atoms with van der Waals surface area (Å²) in [5, 5.41) is 14.4. The number of halogens is 1. The van der Waals surface area contributed by atoms with Crippen LogP contribution in [0.2, 0.25) is 0 Å². The average molecular weight is 373 g/mol. The minimum absolute atomic E-state index is 0.0498. The molecule has 2 amide bonds. The molecule has 0 saturated heterocycles. The lowest BCUT2D eigenvalue weighted by Gasteiger charge is -2.22. The van der Waals surface area contributed by atoms with Gasteiger partial charge in [-0.05, 0) is 45.0 Å². The molecule has 3 N–H and O–H groups in total. The topological polar surface area (TPSA) is 87.7 Å². The Kier molecular flexibility index (Phi) is 6.83. The summed E-state index contributed by atoms with van der Waals surface area (Å²) >= 11 is 3.31. The minimum Gasteiger partial charge on any atom is -0.444 e. The van der Waals surface area contributed by atoms with Gasteiger partial charge < -0.3 is 20.5 Å². The Bertz CT molecular complexity index is 511. The van der Waals surface area contributed by atoms with Crippen LogP contribution in [0.4, 0.5) is 10.5 Å². The predicted octanol–water partition coefficient (Wildman–Crippen LogP) is 2.66. The van der Waals surface area contributed by atoms with Crippen LogP contribution in [-0.4, -0.2) is 35.4 Å². The van der Waals surface area contributed by atoms with Crippen LogP contribution < -0.4 is 10.6 Å². The fourth-order valence-electron chi connectivity index (χ4n) is 1.60. The molecule has 122 valence electrons. The zero-order valence-electron chi connectivity index (χ0n) is 12.9. The highest BCUT2D eigenvalue weighted by molar-refractivity contribution is 9.10. The molecule has 0 bridgehead atoms. The molecule has 0 saturated carbocycles. The van der Waals surface area contributed by atoms with Crippen LogP contribution in [0.1, 0.15) is 27.2 Å². The number of hydrogen-bond donors (Lipinski definition) is 3. The molecule has 0 unspecified atom stereocenters. The monoisotopic (exact) mass is 372 g/mol. The summed E-state index contributed by atoms with van der Waals surface area (Å²) in [6, 6.07) is 6.40. The number of ether oxygens (including phenoxy) is 1. The Morgan fingerprint density at radius 2 is 1.86 bits per heavy atom. The highest BCUT2D eigenvalue weighted by atomic mass is 79.9. The van der Waals surface area contributed by atoms with E-state index in [1.165, 1.54) is 0 Å². The van der Waals surface area contributed by atoms with Gasteiger partial charge in [0.2, 0.25) is 5.91 Å². The van der Waals surface area contributed by atoms with Gasteiger partial charge in [0, 0.05) is 16.6 Å². The van der Waals surface area contributed by atoms with Gasteiger partial charge in [-0.25, -0.2) is 4.79 Å². The van der Waals surface area contributed by atoms with Crippen molar-refractivity contribution in [3.63, 3.8) is 0 Å². The number of anilines is 1. The van der Waals surface area contributed by atoms with Crippen molar-refractivity contribution < 1.29 is 19.4 Å². The van der Waals surface area contributed by atoms with Crippen LogP contribution >= 0.6 is 15.9 Å². The molecule has 0 aliphatic heterocycles. The smallest absolute Gasteiger partial charge is 0.407 e. The van der Waals surface area contributed by atoms with E-state index in [9.17, 15) is 14.7 Å². The lowest BCUT2D eigenvalue weighted by atomic mass is 10.2. The van der Waals surface area contributed by atoms with Crippen molar-refractivity contribution in [3.8, 4) is 0 Å². The van der Waals surface area contributed by atoms with E-state index in [4.69, 9.17) is 4.74 Å². The number of alkyl carbamates (subject to hydrolysis) is 1. The van der Waals surface area contributed by atoms with E-state index in [1.54, 1.807) is 45.0 Å². The summed E-state index contributed by atoms with van der Waals surface area (Å²) in [6.07, 6.45) is -0.714. The van der Waals surface area contributed by atoms with Crippen molar-refractivity contribution in [2.75, 3.05) is 11.9 Å². The van der Waals surface area contributed by atoms with Gasteiger partial charge in [-0.3, -0.25) is 4.79 Å². The highest BCUT2D eigenvalue weighted by Gasteiger charge is 2.20. The molecule has 6 nitrogen and oxygen atoms in total.